The second kappa shape index (κ2) is 5.09. The van der Waals surface area contributed by atoms with Crippen molar-refractivity contribution in [1.82, 2.24) is 0 Å². The highest BCUT2D eigenvalue weighted by molar-refractivity contribution is 5.88. The molecule has 1 aromatic carbocycles. The summed E-state index contributed by atoms with van der Waals surface area (Å²) in [5.74, 6) is -0.876. The van der Waals surface area contributed by atoms with Gasteiger partial charge in [-0.3, -0.25) is 0 Å². The number of aryl methyl sites for hydroxylation is 1. The minimum atomic E-state index is -0.876. The lowest BCUT2D eigenvalue weighted by Crippen LogP contribution is -2.43. The fraction of sp³-hybridized carbons (Fsp3) is 0.562. The molecule has 0 radical (unpaired) electrons. The van der Waals surface area contributed by atoms with Crippen molar-refractivity contribution in [3.8, 4) is 0 Å². The zero-order valence-corrected chi connectivity index (χ0v) is 11.6. The van der Waals surface area contributed by atoms with E-state index in [2.05, 4.69) is 4.90 Å². The van der Waals surface area contributed by atoms with Gasteiger partial charge in [0.1, 0.15) is 0 Å². The van der Waals surface area contributed by atoms with Gasteiger partial charge in [-0.25, -0.2) is 4.79 Å². The minimum Gasteiger partial charge on any atom is -0.478 e. The van der Waals surface area contributed by atoms with Gasteiger partial charge in [-0.2, -0.15) is 0 Å². The average molecular weight is 275 g/mol. The molecule has 0 aromatic heterocycles. The van der Waals surface area contributed by atoms with Gasteiger partial charge in [0.25, 0.3) is 0 Å². The largest absolute Gasteiger partial charge is 0.478 e. The van der Waals surface area contributed by atoms with E-state index in [1.54, 1.807) is 12.1 Å². The number of hydrogen-bond donors (Lipinski definition) is 2. The first-order chi connectivity index (χ1) is 9.57. The van der Waals surface area contributed by atoms with Crippen molar-refractivity contribution in [1.29, 1.82) is 0 Å². The van der Waals surface area contributed by atoms with Crippen LogP contribution in [0.2, 0.25) is 0 Å². The van der Waals surface area contributed by atoms with Gasteiger partial charge in [-0.1, -0.05) is 12.8 Å². The first kappa shape index (κ1) is 13.4. The van der Waals surface area contributed by atoms with Crippen LogP contribution in [-0.2, 0) is 6.42 Å². The highest BCUT2D eigenvalue weighted by Gasteiger charge is 2.34. The van der Waals surface area contributed by atoms with Gasteiger partial charge in [0.2, 0.25) is 0 Å². The van der Waals surface area contributed by atoms with E-state index in [4.69, 9.17) is 5.11 Å². The molecule has 0 bridgehead atoms. The lowest BCUT2D eigenvalue weighted by atomic mass is 9.95. The fourth-order valence-corrected chi connectivity index (χ4v) is 3.52. The molecule has 0 atom stereocenters. The van der Waals surface area contributed by atoms with Gasteiger partial charge in [-0.05, 0) is 49.4 Å². The summed E-state index contributed by atoms with van der Waals surface area (Å²) >= 11 is 0. The Labute approximate surface area is 119 Å². The Bertz CT molecular complexity index is 520. The Balaban J connectivity index is 1.84. The molecular weight excluding hydrogens is 254 g/mol. The van der Waals surface area contributed by atoms with Crippen molar-refractivity contribution in [2.24, 2.45) is 0 Å². The Hall–Kier alpha value is -1.55. The van der Waals surface area contributed by atoms with E-state index in [0.717, 1.165) is 56.3 Å². The van der Waals surface area contributed by atoms with Gasteiger partial charge in [-0.15, -0.1) is 0 Å². The molecular formula is C16H21NO3. The number of nitrogens with zero attached hydrogens (tertiary/aromatic N) is 1. The number of β-amino-alcohol motifs (C(OH)–C–C–N with tert-alkyl or cyclic N) is 1. The first-order valence-corrected chi connectivity index (χ1v) is 7.41. The second-order valence-electron chi connectivity index (χ2n) is 6.11. The van der Waals surface area contributed by atoms with E-state index in [-0.39, 0.29) is 0 Å². The first-order valence-electron chi connectivity index (χ1n) is 7.41. The predicted octanol–water partition coefficient (Wildman–Crippen LogP) is 2.44. The molecule has 1 aromatic rings. The molecule has 4 nitrogen and oxygen atoms in total. The summed E-state index contributed by atoms with van der Waals surface area (Å²) in [6, 6.07) is 5.34. The van der Waals surface area contributed by atoms with Gasteiger partial charge >= 0.3 is 5.97 Å². The number of hydrogen-bond acceptors (Lipinski definition) is 3. The SMILES string of the molecule is O=C(O)c1ccc2c(c1)CCCN2CC1(O)CCCC1. The van der Waals surface area contributed by atoms with Gasteiger partial charge in [0, 0.05) is 18.8 Å². The molecule has 0 spiro atoms. The molecule has 2 aliphatic rings. The molecule has 4 heteroatoms. The van der Waals surface area contributed by atoms with Crippen molar-refractivity contribution in [3.05, 3.63) is 29.3 Å². The van der Waals surface area contributed by atoms with Crippen molar-refractivity contribution >= 4 is 11.7 Å². The maximum atomic E-state index is 11.0. The van der Waals surface area contributed by atoms with Crippen LogP contribution in [0.25, 0.3) is 0 Å². The summed E-state index contributed by atoms with van der Waals surface area (Å²) < 4.78 is 0. The van der Waals surface area contributed by atoms with E-state index >= 15 is 0 Å². The summed E-state index contributed by atoms with van der Waals surface area (Å²) in [4.78, 5) is 13.3. The molecule has 108 valence electrons. The Morgan fingerprint density at radius 3 is 2.70 bits per heavy atom. The smallest absolute Gasteiger partial charge is 0.335 e. The number of carboxylic acid groups (broad SMARTS) is 1. The minimum absolute atomic E-state index is 0.352. The summed E-state index contributed by atoms with van der Waals surface area (Å²) in [6.45, 7) is 1.62. The molecule has 0 saturated heterocycles. The zero-order chi connectivity index (χ0) is 14.2. The molecule has 0 amide bonds. The van der Waals surface area contributed by atoms with Crippen LogP contribution < -0.4 is 4.90 Å². The van der Waals surface area contributed by atoms with Crippen LogP contribution in [0, 0.1) is 0 Å². The van der Waals surface area contributed by atoms with Crippen LogP contribution in [-0.4, -0.2) is 34.9 Å². The highest BCUT2D eigenvalue weighted by atomic mass is 16.4. The van der Waals surface area contributed by atoms with Crippen LogP contribution in [0.5, 0.6) is 0 Å². The molecule has 0 unspecified atom stereocenters. The van der Waals surface area contributed by atoms with E-state index in [0.29, 0.717) is 12.1 Å². The lowest BCUT2D eigenvalue weighted by Gasteiger charge is -2.37. The number of aromatic carboxylic acids is 1. The molecule has 20 heavy (non-hydrogen) atoms. The highest BCUT2D eigenvalue weighted by Crippen LogP contribution is 2.34. The molecule has 1 saturated carbocycles. The van der Waals surface area contributed by atoms with Crippen molar-refractivity contribution in [2.75, 3.05) is 18.0 Å². The zero-order valence-electron chi connectivity index (χ0n) is 11.6. The maximum Gasteiger partial charge on any atom is 0.335 e. The standard InChI is InChI=1S/C16H21NO3/c18-15(19)13-5-6-14-12(10-13)4-3-9-17(14)11-16(20)7-1-2-8-16/h5-6,10,20H,1-4,7-9,11H2,(H,18,19). The van der Waals surface area contributed by atoms with Gasteiger partial charge < -0.3 is 15.1 Å². The third-order valence-corrected chi connectivity index (χ3v) is 4.56. The predicted molar refractivity (Wildman–Crippen MR) is 77.4 cm³/mol. The average Bonchev–Trinajstić information content (AvgIpc) is 2.85. The number of rotatable bonds is 3. The normalized spacial score (nSPS) is 20.8. The van der Waals surface area contributed by atoms with Crippen LogP contribution in [0.15, 0.2) is 18.2 Å². The van der Waals surface area contributed by atoms with Crippen LogP contribution >= 0.6 is 0 Å². The quantitative estimate of drug-likeness (QED) is 0.889. The summed E-state index contributed by atoms with van der Waals surface area (Å²) in [5.41, 5.74) is 1.99. The molecule has 1 heterocycles. The Morgan fingerprint density at radius 1 is 1.25 bits per heavy atom. The monoisotopic (exact) mass is 275 g/mol. The summed E-state index contributed by atoms with van der Waals surface area (Å²) in [6.07, 6.45) is 5.92. The van der Waals surface area contributed by atoms with Gasteiger partial charge in [0.05, 0.1) is 11.2 Å². The number of fused-ring (bicyclic) bond motifs is 1. The Kier molecular flexibility index (Phi) is 3.42. The summed E-state index contributed by atoms with van der Waals surface area (Å²) in [5, 5.41) is 19.6. The second-order valence-corrected chi connectivity index (χ2v) is 6.11. The maximum absolute atomic E-state index is 11.0. The molecule has 2 N–H and O–H groups in total. The van der Waals surface area contributed by atoms with Crippen LogP contribution in [0.3, 0.4) is 0 Å². The number of aliphatic hydroxyl groups is 1. The number of benzene rings is 1. The third-order valence-electron chi connectivity index (χ3n) is 4.56. The number of anilines is 1. The molecule has 1 fully saturated rings. The van der Waals surface area contributed by atoms with Crippen molar-refractivity contribution < 1.29 is 15.0 Å². The van der Waals surface area contributed by atoms with E-state index in [1.807, 2.05) is 6.07 Å². The van der Waals surface area contributed by atoms with Crippen LogP contribution in [0.1, 0.15) is 48.0 Å². The molecule has 1 aliphatic carbocycles. The molecule has 3 rings (SSSR count). The van der Waals surface area contributed by atoms with Crippen molar-refractivity contribution in [2.45, 2.75) is 44.1 Å². The Morgan fingerprint density at radius 2 is 2.00 bits per heavy atom. The van der Waals surface area contributed by atoms with E-state index < -0.39 is 11.6 Å². The fourth-order valence-electron chi connectivity index (χ4n) is 3.52. The van der Waals surface area contributed by atoms with Crippen LogP contribution in [0.4, 0.5) is 5.69 Å². The van der Waals surface area contributed by atoms with E-state index in [9.17, 15) is 9.90 Å². The van der Waals surface area contributed by atoms with Crippen molar-refractivity contribution in [3.63, 3.8) is 0 Å². The topological polar surface area (TPSA) is 60.8 Å². The number of carbonyl (C=O) groups is 1. The van der Waals surface area contributed by atoms with E-state index in [1.165, 1.54) is 0 Å². The third kappa shape index (κ3) is 2.52. The number of carboxylic acids is 1. The lowest BCUT2D eigenvalue weighted by molar-refractivity contribution is 0.0544. The van der Waals surface area contributed by atoms with Gasteiger partial charge in [0.15, 0.2) is 0 Å². The summed E-state index contributed by atoms with van der Waals surface area (Å²) in [7, 11) is 0. The molecule has 1 aliphatic heterocycles.